The minimum atomic E-state index is -0.700. The predicted molar refractivity (Wildman–Crippen MR) is 106 cm³/mol. The number of aryl methyl sites for hydroxylation is 1. The second-order valence-electron chi connectivity index (χ2n) is 7.14. The first-order valence-corrected chi connectivity index (χ1v) is 10.2. The number of hydrogen-bond donors (Lipinski definition) is 2. The lowest BCUT2D eigenvalue weighted by atomic mass is 9.79. The fourth-order valence-electron chi connectivity index (χ4n) is 4.23. The fraction of sp³-hybridized carbons (Fsp3) is 0.571. The van der Waals surface area contributed by atoms with E-state index in [4.69, 9.17) is 21.1 Å². The first-order valence-electron chi connectivity index (χ1n) is 9.79. The summed E-state index contributed by atoms with van der Waals surface area (Å²) in [5, 5.41) is 14.8. The first kappa shape index (κ1) is 20.0. The molecule has 5 nitrogen and oxygen atoms in total. The number of amides is 1. The van der Waals surface area contributed by atoms with Crippen LogP contribution < -0.4 is 10.1 Å². The number of rotatable bonds is 6. The van der Waals surface area contributed by atoms with E-state index in [1.807, 2.05) is 26.8 Å². The number of aliphatic hydroxyl groups excluding tert-OH is 1. The van der Waals surface area contributed by atoms with Gasteiger partial charge in [0.25, 0.3) is 5.91 Å². The molecular formula is C21H28ClNO4. The van der Waals surface area contributed by atoms with Gasteiger partial charge < -0.3 is 19.9 Å². The molecule has 1 aromatic carbocycles. The van der Waals surface area contributed by atoms with Gasteiger partial charge in [-0.15, -0.1) is 0 Å². The van der Waals surface area contributed by atoms with E-state index in [1.165, 1.54) is 0 Å². The molecule has 0 unspecified atom stereocenters. The molecule has 6 heteroatoms. The van der Waals surface area contributed by atoms with Gasteiger partial charge in [-0.2, -0.15) is 0 Å². The highest BCUT2D eigenvalue weighted by Gasteiger charge is 2.48. The van der Waals surface area contributed by atoms with Crippen molar-refractivity contribution in [3.8, 4) is 5.75 Å². The van der Waals surface area contributed by atoms with E-state index in [1.54, 1.807) is 6.07 Å². The van der Waals surface area contributed by atoms with Gasteiger partial charge in [-0.1, -0.05) is 18.5 Å². The van der Waals surface area contributed by atoms with Crippen molar-refractivity contribution in [1.82, 2.24) is 5.32 Å². The van der Waals surface area contributed by atoms with Crippen LogP contribution in [0.1, 0.15) is 57.6 Å². The largest absolute Gasteiger partial charge is 0.509 e. The van der Waals surface area contributed by atoms with Crippen LogP contribution in [0.2, 0.25) is 5.02 Å². The minimum Gasteiger partial charge on any atom is -0.509 e. The van der Waals surface area contributed by atoms with Crippen molar-refractivity contribution in [3.05, 3.63) is 34.0 Å². The van der Waals surface area contributed by atoms with Crippen molar-refractivity contribution in [2.45, 2.75) is 64.5 Å². The molecule has 1 aromatic rings. The maximum absolute atomic E-state index is 12.9. The summed E-state index contributed by atoms with van der Waals surface area (Å²) < 4.78 is 11.5. The van der Waals surface area contributed by atoms with Gasteiger partial charge in [-0.25, -0.2) is 0 Å². The third-order valence-corrected chi connectivity index (χ3v) is 5.76. The fourth-order valence-corrected chi connectivity index (χ4v) is 4.46. The minimum absolute atomic E-state index is 0.125. The highest BCUT2D eigenvalue weighted by molar-refractivity contribution is 6.31. The molecule has 1 aliphatic heterocycles. The van der Waals surface area contributed by atoms with Crippen molar-refractivity contribution in [2.24, 2.45) is 0 Å². The Labute approximate surface area is 165 Å². The molecule has 27 heavy (non-hydrogen) atoms. The van der Waals surface area contributed by atoms with Gasteiger partial charge in [-0.3, -0.25) is 4.79 Å². The normalized spacial score (nSPS) is 25.2. The van der Waals surface area contributed by atoms with Crippen molar-refractivity contribution in [2.75, 3.05) is 13.2 Å². The Kier molecular flexibility index (Phi) is 6.02. The predicted octanol–water partition coefficient (Wildman–Crippen LogP) is 4.42. The molecule has 2 N–H and O–H groups in total. The molecule has 0 atom stereocenters. The van der Waals surface area contributed by atoms with Gasteiger partial charge in [0.05, 0.1) is 23.8 Å². The summed E-state index contributed by atoms with van der Waals surface area (Å²) in [4.78, 5) is 12.9. The van der Waals surface area contributed by atoms with Crippen molar-refractivity contribution in [3.63, 3.8) is 0 Å². The summed E-state index contributed by atoms with van der Waals surface area (Å²) in [5.41, 5.74) is 1.17. The van der Waals surface area contributed by atoms with E-state index in [2.05, 4.69) is 5.32 Å². The molecule has 0 saturated heterocycles. The van der Waals surface area contributed by atoms with E-state index < -0.39 is 5.54 Å². The van der Waals surface area contributed by atoms with Gasteiger partial charge in [0.2, 0.25) is 0 Å². The molecule has 1 amide bonds. The zero-order chi connectivity index (χ0) is 19.6. The third kappa shape index (κ3) is 3.67. The smallest absolute Gasteiger partial charge is 0.256 e. The van der Waals surface area contributed by atoms with Gasteiger partial charge >= 0.3 is 0 Å². The van der Waals surface area contributed by atoms with E-state index in [0.717, 1.165) is 18.4 Å². The highest BCUT2D eigenvalue weighted by Crippen LogP contribution is 2.45. The number of halogens is 1. The van der Waals surface area contributed by atoms with E-state index >= 15 is 0 Å². The maximum Gasteiger partial charge on any atom is 0.256 e. The molecule has 0 aromatic heterocycles. The lowest BCUT2D eigenvalue weighted by Crippen LogP contribution is -2.48. The van der Waals surface area contributed by atoms with Gasteiger partial charge in [0.15, 0.2) is 0 Å². The highest BCUT2D eigenvalue weighted by atomic mass is 35.5. The summed E-state index contributed by atoms with van der Waals surface area (Å²) in [7, 11) is 0. The van der Waals surface area contributed by atoms with Gasteiger partial charge in [0.1, 0.15) is 11.5 Å². The molecule has 1 heterocycles. The van der Waals surface area contributed by atoms with Crippen LogP contribution in [-0.4, -0.2) is 35.9 Å². The number of hydrogen-bond acceptors (Lipinski definition) is 4. The van der Waals surface area contributed by atoms with E-state index in [9.17, 15) is 9.90 Å². The summed E-state index contributed by atoms with van der Waals surface area (Å²) in [6.07, 6.45) is 3.82. The second-order valence-corrected chi connectivity index (χ2v) is 7.58. The van der Waals surface area contributed by atoms with Crippen molar-refractivity contribution in [1.29, 1.82) is 0 Å². The van der Waals surface area contributed by atoms with Gasteiger partial charge in [-0.05, 0) is 63.6 Å². The summed E-state index contributed by atoms with van der Waals surface area (Å²) in [6, 6.07) is 3.55. The van der Waals surface area contributed by atoms with Gasteiger partial charge in [0, 0.05) is 17.2 Å². The monoisotopic (exact) mass is 393 g/mol. The zero-order valence-electron chi connectivity index (χ0n) is 16.2. The van der Waals surface area contributed by atoms with Crippen LogP contribution in [-0.2, 0) is 16.0 Å². The van der Waals surface area contributed by atoms with E-state index in [0.29, 0.717) is 54.4 Å². The summed E-state index contributed by atoms with van der Waals surface area (Å²) in [6.45, 7) is 7.00. The number of benzene rings is 1. The SMILES string of the molecule is CCOc1cc(Cl)cc(CC)c1C1=C(O)C2(CCC(OCC)CC2)NC1=O. The molecule has 2 aliphatic rings. The van der Waals surface area contributed by atoms with Crippen LogP contribution in [0.3, 0.4) is 0 Å². The van der Waals surface area contributed by atoms with Crippen LogP contribution in [0.5, 0.6) is 5.75 Å². The summed E-state index contributed by atoms with van der Waals surface area (Å²) >= 11 is 6.23. The Morgan fingerprint density at radius 2 is 1.93 bits per heavy atom. The number of carbonyl (C=O) groups is 1. The second kappa shape index (κ2) is 8.11. The topological polar surface area (TPSA) is 67.8 Å². The van der Waals surface area contributed by atoms with Crippen molar-refractivity contribution < 1.29 is 19.4 Å². The molecule has 0 bridgehead atoms. The van der Waals surface area contributed by atoms with Crippen LogP contribution in [0.4, 0.5) is 0 Å². The number of carbonyl (C=O) groups excluding carboxylic acids is 1. The van der Waals surface area contributed by atoms with Crippen LogP contribution in [0, 0.1) is 0 Å². The number of nitrogens with one attached hydrogen (secondary N) is 1. The molecule has 3 rings (SSSR count). The Balaban J connectivity index is 2.04. The van der Waals surface area contributed by atoms with E-state index in [-0.39, 0.29) is 17.8 Å². The van der Waals surface area contributed by atoms with Crippen LogP contribution in [0.25, 0.3) is 5.57 Å². The molecule has 1 aliphatic carbocycles. The average Bonchev–Trinajstić information content (AvgIpc) is 2.87. The number of aliphatic hydroxyl groups is 1. The molecule has 1 fully saturated rings. The quantitative estimate of drug-likeness (QED) is 0.750. The maximum atomic E-state index is 12.9. The van der Waals surface area contributed by atoms with Crippen LogP contribution in [0.15, 0.2) is 17.9 Å². The van der Waals surface area contributed by atoms with Crippen LogP contribution >= 0.6 is 11.6 Å². The Morgan fingerprint density at radius 1 is 1.22 bits per heavy atom. The standard InChI is InChI=1S/C21H28ClNO4/c1-4-13-11-14(22)12-16(27-6-3)17(13)18-19(24)21(23-20(18)25)9-7-15(8-10-21)26-5-2/h11-12,15,24H,4-10H2,1-3H3,(H,23,25). The average molecular weight is 394 g/mol. The lowest BCUT2D eigenvalue weighted by molar-refractivity contribution is -0.116. The molecule has 1 saturated carbocycles. The Morgan fingerprint density at radius 3 is 2.52 bits per heavy atom. The molecule has 1 spiro atoms. The summed E-state index contributed by atoms with van der Waals surface area (Å²) in [5.74, 6) is 0.416. The Bertz CT molecular complexity index is 751. The van der Waals surface area contributed by atoms with Crippen molar-refractivity contribution >= 4 is 23.1 Å². The Hall–Kier alpha value is -1.72. The molecule has 148 valence electrons. The zero-order valence-corrected chi connectivity index (χ0v) is 17.0. The third-order valence-electron chi connectivity index (χ3n) is 5.54. The first-order chi connectivity index (χ1) is 13.0. The number of ether oxygens (including phenoxy) is 2. The molecule has 0 radical (unpaired) electrons. The lowest BCUT2D eigenvalue weighted by Gasteiger charge is -2.37. The molecular weight excluding hydrogens is 366 g/mol.